The fraction of sp³-hybridized carbons (Fsp3) is 0.350. The van der Waals surface area contributed by atoms with Gasteiger partial charge in [-0.1, -0.05) is 25.0 Å². The van der Waals surface area contributed by atoms with Crippen molar-refractivity contribution in [3.63, 3.8) is 0 Å². The van der Waals surface area contributed by atoms with E-state index in [2.05, 4.69) is 42.7 Å². The number of rotatable bonds is 10. The molecule has 0 radical (unpaired) electrons. The summed E-state index contributed by atoms with van der Waals surface area (Å²) >= 11 is 8.85. The monoisotopic (exact) mass is 500 g/mol. The van der Waals surface area contributed by atoms with Crippen LogP contribution in [0, 0.1) is 0 Å². The number of hydrogen-bond acceptors (Lipinski definition) is 4. The van der Waals surface area contributed by atoms with Gasteiger partial charge in [0, 0.05) is 6.08 Å². The summed E-state index contributed by atoms with van der Waals surface area (Å²) in [7, 11) is 1.36. The number of aryl methyl sites for hydroxylation is 1. The molecule has 6 heteroatoms. The zero-order valence-electron chi connectivity index (χ0n) is 14.7. The highest BCUT2D eigenvalue weighted by molar-refractivity contribution is 9.12. The number of carbonyl (C=O) groups excluding carboxylic acids is 1. The fourth-order valence-corrected chi connectivity index (χ4v) is 5.33. The van der Waals surface area contributed by atoms with Gasteiger partial charge in [-0.2, -0.15) is 0 Å². The summed E-state index contributed by atoms with van der Waals surface area (Å²) in [6.07, 6.45) is 8.87. The Morgan fingerprint density at radius 1 is 1.12 bits per heavy atom. The number of carbonyl (C=O) groups is 1. The Morgan fingerprint density at radius 2 is 1.85 bits per heavy atom. The first kappa shape index (κ1) is 21.2. The predicted molar refractivity (Wildman–Crippen MR) is 115 cm³/mol. The molecule has 1 aromatic heterocycles. The van der Waals surface area contributed by atoms with Crippen LogP contribution in [0.2, 0.25) is 0 Å². The number of benzene rings is 1. The Kier molecular flexibility index (Phi) is 9.43. The Bertz CT molecular complexity index is 723. The maximum atomic E-state index is 11.1. The van der Waals surface area contributed by atoms with Gasteiger partial charge in [-0.05, 0) is 86.5 Å². The van der Waals surface area contributed by atoms with E-state index in [1.54, 1.807) is 17.4 Å². The van der Waals surface area contributed by atoms with Crippen molar-refractivity contribution >= 4 is 55.2 Å². The van der Waals surface area contributed by atoms with E-state index < -0.39 is 0 Å². The molecular formula is C20H22Br2O3S. The number of esters is 1. The average molecular weight is 502 g/mol. The molecule has 0 atom stereocenters. The number of unbranched alkanes of at least 4 members (excludes halogenated alkanes) is 3. The van der Waals surface area contributed by atoms with Gasteiger partial charge in [-0.3, -0.25) is 0 Å². The topological polar surface area (TPSA) is 35.5 Å². The molecule has 0 aliphatic carbocycles. The highest BCUT2D eigenvalue weighted by atomic mass is 79.9. The third-order valence-corrected chi connectivity index (χ3v) is 6.29. The first-order valence-electron chi connectivity index (χ1n) is 8.51. The van der Waals surface area contributed by atoms with Crippen LogP contribution in [0.1, 0.15) is 36.8 Å². The summed E-state index contributed by atoms with van der Waals surface area (Å²) in [5, 5.41) is 0. The molecule has 0 fully saturated rings. The van der Waals surface area contributed by atoms with E-state index in [1.165, 1.54) is 45.6 Å². The Morgan fingerprint density at radius 3 is 2.50 bits per heavy atom. The van der Waals surface area contributed by atoms with Gasteiger partial charge in [0.25, 0.3) is 0 Å². The smallest absolute Gasteiger partial charge is 0.330 e. The van der Waals surface area contributed by atoms with Crippen LogP contribution in [0.15, 0.2) is 44.0 Å². The van der Waals surface area contributed by atoms with Crippen molar-refractivity contribution in [3.8, 4) is 5.75 Å². The minimum absolute atomic E-state index is 0.357. The van der Waals surface area contributed by atoms with Gasteiger partial charge in [0.2, 0.25) is 0 Å². The molecule has 140 valence electrons. The molecule has 0 aliphatic heterocycles. The summed E-state index contributed by atoms with van der Waals surface area (Å²) in [6, 6.07) is 9.88. The molecule has 0 amide bonds. The van der Waals surface area contributed by atoms with Crippen LogP contribution in [0.25, 0.3) is 6.08 Å². The lowest BCUT2D eigenvalue weighted by atomic mass is 10.1. The maximum absolute atomic E-state index is 11.1. The van der Waals surface area contributed by atoms with Gasteiger partial charge >= 0.3 is 5.97 Å². The van der Waals surface area contributed by atoms with Crippen LogP contribution in [0.3, 0.4) is 0 Å². The number of halogens is 2. The molecule has 0 saturated heterocycles. The van der Waals surface area contributed by atoms with Crippen molar-refractivity contribution in [1.82, 2.24) is 0 Å². The van der Waals surface area contributed by atoms with Crippen LogP contribution >= 0.6 is 43.2 Å². The largest absolute Gasteiger partial charge is 0.494 e. The SMILES string of the molecule is COC(=O)C=Cc1ccc(OCCCCCCc2cc(Br)sc2Br)cc1. The van der Waals surface area contributed by atoms with Crippen LogP contribution < -0.4 is 4.74 Å². The molecule has 0 N–H and O–H groups in total. The lowest BCUT2D eigenvalue weighted by molar-refractivity contribution is -0.134. The molecule has 3 nitrogen and oxygen atoms in total. The Hall–Kier alpha value is -1.11. The molecule has 2 aromatic rings. The van der Waals surface area contributed by atoms with Crippen molar-refractivity contribution < 1.29 is 14.3 Å². The zero-order chi connectivity index (χ0) is 18.8. The van der Waals surface area contributed by atoms with Gasteiger partial charge in [0.1, 0.15) is 5.75 Å². The summed E-state index contributed by atoms with van der Waals surface area (Å²) in [5.41, 5.74) is 2.33. The molecule has 26 heavy (non-hydrogen) atoms. The number of thiophene rings is 1. The van der Waals surface area contributed by atoms with Crippen LogP contribution in [0.4, 0.5) is 0 Å². The highest BCUT2D eigenvalue weighted by Gasteiger charge is 2.04. The third kappa shape index (κ3) is 7.64. The second-order valence-electron chi connectivity index (χ2n) is 5.79. The van der Waals surface area contributed by atoms with E-state index in [0.29, 0.717) is 0 Å². The zero-order valence-corrected chi connectivity index (χ0v) is 18.7. The van der Waals surface area contributed by atoms with Gasteiger partial charge < -0.3 is 9.47 Å². The van der Waals surface area contributed by atoms with Crippen molar-refractivity contribution in [1.29, 1.82) is 0 Å². The molecule has 2 rings (SSSR count). The maximum Gasteiger partial charge on any atom is 0.330 e. The first-order chi connectivity index (χ1) is 12.6. The number of methoxy groups -OCH3 is 1. The molecule has 1 aromatic carbocycles. The average Bonchev–Trinajstić information content (AvgIpc) is 2.97. The molecule has 0 aliphatic rings. The molecule has 0 unspecified atom stereocenters. The van der Waals surface area contributed by atoms with Gasteiger partial charge in [0.15, 0.2) is 0 Å². The van der Waals surface area contributed by atoms with Crippen molar-refractivity contribution in [2.24, 2.45) is 0 Å². The van der Waals surface area contributed by atoms with Crippen LogP contribution in [-0.2, 0) is 16.0 Å². The summed E-state index contributed by atoms with van der Waals surface area (Å²) in [5.74, 6) is 0.497. The van der Waals surface area contributed by atoms with E-state index >= 15 is 0 Å². The third-order valence-electron chi connectivity index (χ3n) is 3.83. The van der Waals surface area contributed by atoms with E-state index in [4.69, 9.17) is 4.74 Å². The van der Waals surface area contributed by atoms with Crippen LogP contribution in [-0.4, -0.2) is 19.7 Å². The molecule has 0 bridgehead atoms. The minimum atomic E-state index is -0.357. The van der Waals surface area contributed by atoms with Crippen molar-refractivity contribution in [2.45, 2.75) is 32.1 Å². The summed E-state index contributed by atoms with van der Waals surface area (Å²) in [6.45, 7) is 0.727. The lowest BCUT2D eigenvalue weighted by Crippen LogP contribution is -1.97. The van der Waals surface area contributed by atoms with E-state index in [-0.39, 0.29) is 5.97 Å². The molecule has 0 saturated carbocycles. The first-order valence-corrected chi connectivity index (χ1v) is 10.9. The standard InChI is InChI=1S/C20H22Br2O3S/c1-24-19(23)12-9-15-7-10-17(11-8-15)25-13-5-3-2-4-6-16-14-18(21)26-20(16)22/h7-12,14H,2-6,13H2,1H3. The lowest BCUT2D eigenvalue weighted by Gasteiger charge is -2.06. The Labute approximate surface area is 175 Å². The number of hydrogen-bond donors (Lipinski definition) is 0. The van der Waals surface area contributed by atoms with Gasteiger partial charge in [-0.15, -0.1) is 11.3 Å². The van der Waals surface area contributed by atoms with Gasteiger partial charge in [0.05, 0.1) is 21.3 Å². The highest BCUT2D eigenvalue weighted by Crippen LogP contribution is 2.32. The minimum Gasteiger partial charge on any atom is -0.494 e. The number of ether oxygens (including phenoxy) is 2. The second-order valence-corrected chi connectivity index (χ2v) is 9.54. The quantitative estimate of drug-likeness (QED) is 0.208. The predicted octanol–water partition coefficient (Wildman–Crippen LogP) is 6.64. The van der Waals surface area contributed by atoms with E-state index in [0.717, 1.165) is 30.8 Å². The fourth-order valence-electron chi connectivity index (χ4n) is 2.41. The Balaban J connectivity index is 1.59. The second kappa shape index (κ2) is 11.6. The van der Waals surface area contributed by atoms with Crippen molar-refractivity contribution in [2.75, 3.05) is 13.7 Å². The molecule has 1 heterocycles. The van der Waals surface area contributed by atoms with E-state index in [9.17, 15) is 4.79 Å². The normalized spacial score (nSPS) is 11.0. The summed E-state index contributed by atoms with van der Waals surface area (Å²) in [4.78, 5) is 11.1. The van der Waals surface area contributed by atoms with Crippen molar-refractivity contribution in [3.05, 3.63) is 55.1 Å². The molecular weight excluding hydrogens is 480 g/mol. The van der Waals surface area contributed by atoms with E-state index in [1.807, 2.05) is 24.3 Å². The summed E-state index contributed by atoms with van der Waals surface area (Å²) < 4.78 is 12.7. The van der Waals surface area contributed by atoms with Gasteiger partial charge in [-0.25, -0.2) is 4.79 Å². The molecule has 0 spiro atoms. The van der Waals surface area contributed by atoms with Crippen LogP contribution in [0.5, 0.6) is 5.75 Å².